The number of aromatic nitrogens is 2. The van der Waals surface area contributed by atoms with Crippen LogP contribution in [0.3, 0.4) is 0 Å². The molecule has 1 saturated carbocycles. The first-order valence-corrected chi connectivity index (χ1v) is 9.41. The van der Waals surface area contributed by atoms with E-state index in [4.69, 9.17) is 4.42 Å². The molecule has 2 aromatic rings. The molecule has 10 nitrogen and oxygen atoms in total. The Bertz CT molecular complexity index is 994. The number of Topliss-reactive ketones (excluding diaryl/α,β-unsaturated/α-hetero) is 2. The molecule has 0 spiro atoms. The molecule has 0 saturated heterocycles. The van der Waals surface area contributed by atoms with E-state index in [1.807, 2.05) is 0 Å². The average molecular weight is 379 g/mol. The molecule has 3 rings (SSSR count). The highest BCUT2D eigenvalue weighted by Crippen LogP contribution is 2.37. The molecule has 11 heteroatoms. The molecule has 1 aromatic heterocycles. The normalized spacial score (nSPS) is 15.4. The Morgan fingerprint density at radius 3 is 2.54 bits per heavy atom. The lowest BCUT2D eigenvalue weighted by Crippen LogP contribution is -2.25. The van der Waals surface area contributed by atoms with Gasteiger partial charge in [-0.3, -0.25) is 19.7 Å². The van der Waals surface area contributed by atoms with Crippen LogP contribution in [0.1, 0.15) is 35.0 Å². The minimum Gasteiger partial charge on any atom is -0.427 e. The molecule has 26 heavy (non-hydrogen) atoms. The molecule has 1 aromatic carbocycles. The smallest absolute Gasteiger partial charge is 0.281 e. The van der Waals surface area contributed by atoms with Crippen molar-refractivity contribution >= 4 is 27.1 Å². The number of carbonyl (C=O) groups is 2. The van der Waals surface area contributed by atoms with Crippen molar-refractivity contribution in [1.82, 2.24) is 10.2 Å². The molecule has 0 bridgehead atoms. The maximum absolute atomic E-state index is 12.9. The largest absolute Gasteiger partial charge is 0.427 e. The van der Waals surface area contributed by atoms with Crippen LogP contribution in [-0.4, -0.2) is 41.4 Å². The van der Waals surface area contributed by atoms with Crippen LogP contribution in [0.4, 0.5) is 5.69 Å². The number of benzene rings is 1. The Morgan fingerprint density at radius 1 is 1.35 bits per heavy atom. The molecule has 1 aliphatic carbocycles. The van der Waals surface area contributed by atoms with Crippen LogP contribution in [0.25, 0.3) is 0 Å². The number of ketones is 2. The van der Waals surface area contributed by atoms with Crippen molar-refractivity contribution < 1.29 is 27.3 Å². The number of sulfone groups is 1. The van der Waals surface area contributed by atoms with Gasteiger partial charge in [0.1, 0.15) is 0 Å². The second kappa shape index (κ2) is 6.41. The van der Waals surface area contributed by atoms with Gasteiger partial charge in [-0.25, -0.2) is 8.42 Å². The molecule has 1 heterocycles. The highest BCUT2D eigenvalue weighted by molar-refractivity contribution is 7.90. The molecule has 1 aliphatic rings. The van der Waals surface area contributed by atoms with E-state index in [1.165, 1.54) is 0 Å². The topological polar surface area (TPSA) is 150 Å². The van der Waals surface area contributed by atoms with E-state index in [1.54, 1.807) is 0 Å². The van der Waals surface area contributed by atoms with Crippen LogP contribution >= 0.6 is 0 Å². The summed E-state index contributed by atoms with van der Waals surface area (Å²) in [5.41, 5.74) is -1.09. The Morgan fingerprint density at radius 2 is 2.04 bits per heavy atom. The summed E-state index contributed by atoms with van der Waals surface area (Å²) in [6.07, 6.45) is 3.08. The SMILES string of the molecule is CS(=O)(=O)c1ccc(C(=O)C(C(=O)C2CC2)c2nnco2)c([N+](=O)[O-])c1. The molecular weight excluding hydrogens is 366 g/mol. The van der Waals surface area contributed by atoms with E-state index >= 15 is 0 Å². The quantitative estimate of drug-likeness (QED) is 0.300. The Hall–Kier alpha value is -2.95. The third-order valence-electron chi connectivity index (χ3n) is 4.01. The first-order valence-electron chi connectivity index (χ1n) is 7.52. The predicted octanol–water partition coefficient (Wildman–Crippen LogP) is 1.33. The number of nitro groups is 1. The summed E-state index contributed by atoms with van der Waals surface area (Å²) in [7, 11) is -3.71. The minimum absolute atomic E-state index is 0.242. The first kappa shape index (κ1) is 17.9. The van der Waals surface area contributed by atoms with Gasteiger partial charge in [0, 0.05) is 18.2 Å². The summed E-state index contributed by atoms with van der Waals surface area (Å²) in [5.74, 6) is -3.34. The number of hydrogen-bond donors (Lipinski definition) is 0. The van der Waals surface area contributed by atoms with E-state index in [9.17, 15) is 28.1 Å². The Labute approximate surface area is 147 Å². The van der Waals surface area contributed by atoms with Crippen LogP contribution in [0.5, 0.6) is 0 Å². The summed E-state index contributed by atoms with van der Waals surface area (Å²) in [6, 6.07) is 2.91. The Kier molecular flexibility index (Phi) is 4.40. The number of hydrogen-bond acceptors (Lipinski definition) is 9. The molecule has 1 fully saturated rings. The lowest BCUT2D eigenvalue weighted by Gasteiger charge is -2.11. The maximum atomic E-state index is 12.9. The minimum atomic E-state index is -3.71. The van der Waals surface area contributed by atoms with Gasteiger partial charge < -0.3 is 4.42 Å². The van der Waals surface area contributed by atoms with Gasteiger partial charge in [0.25, 0.3) is 5.69 Å². The Balaban J connectivity index is 2.09. The summed E-state index contributed by atoms with van der Waals surface area (Å²) < 4.78 is 28.2. The maximum Gasteiger partial charge on any atom is 0.281 e. The lowest BCUT2D eigenvalue weighted by molar-refractivity contribution is -0.385. The molecule has 1 unspecified atom stereocenters. The highest BCUT2D eigenvalue weighted by atomic mass is 32.2. The van der Waals surface area contributed by atoms with Gasteiger partial charge in [-0.15, -0.1) is 10.2 Å². The van der Waals surface area contributed by atoms with Crippen molar-refractivity contribution in [2.45, 2.75) is 23.7 Å². The first-order chi connectivity index (χ1) is 12.2. The van der Waals surface area contributed by atoms with E-state index in [2.05, 4.69) is 10.2 Å². The van der Waals surface area contributed by atoms with Gasteiger partial charge in [-0.2, -0.15) is 0 Å². The van der Waals surface area contributed by atoms with Crippen LogP contribution in [-0.2, 0) is 14.6 Å². The number of carbonyl (C=O) groups excluding carboxylic acids is 2. The highest BCUT2D eigenvalue weighted by Gasteiger charge is 2.43. The van der Waals surface area contributed by atoms with E-state index in [0.29, 0.717) is 12.8 Å². The number of rotatable bonds is 7. The van der Waals surface area contributed by atoms with Crippen molar-refractivity contribution in [3.63, 3.8) is 0 Å². The second-order valence-corrected chi connectivity index (χ2v) is 7.97. The predicted molar refractivity (Wildman–Crippen MR) is 85.3 cm³/mol. The summed E-state index contributed by atoms with van der Waals surface area (Å²) in [4.78, 5) is 35.6. The zero-order valence-corrected chi connectivity index (χ0v) is 14.3. The standard InChI is InChI=1S/C15H13N3O7S/c1-26(23,24)9-4-5-10(11(6-9)18(21)22)14(20)12(13(19)8-2-3-8)15-17-16-7-25-15/h4-8,12H,2-3H2,1H3. The fourth-order valence-electron chi connectivity index (χ4n) is 2.53. The van der Waals surface area contributed by atoms with E-state index in [-0.39, 0.29) is 22.3 Å². The molecule has 1 atom stereocenters. The monoisotopic (exact) mass is 379 g/mol. The van der Waals surface area contributed by atoms with Gasteiger partial charge in [0.2, 0.25) is 12.3 Å². The third-order valence-corrected chi connectivity index (χ3v) is 5.12. The van der Waals surface area contributed by atoms with Crippen molar-refractivity contribution in [1.29, 1.82) is 0 Å². The van der Waals surface area contributed by atoms with E-state index < -0.39 is 37.9 Å². The summed E-state index contributed by atoms with van der Waals surface area (Å²) in [6.45, 7) is 0. The molecule has 0 N–H and O–H groups in total. The van der Waals surface area contributed by atoms with E-state index in [0.717, 1.165) is 30.8 Å². The zero-order valence-electron chi connectivity index (χ0n) is 13.5. The summed E-state index contributed by atoms with van der Waals surface area (Å²) >= 11 is 0. The van der Waals surface area contributed by atoms with Crippen LogP contribution in [0.2, 0.25) is 0 Å². The fraction of sp³-hybridized carbons (Fsp3) is 0.333. The van der Waals surface area contributed by atoms with Crippen molar-refractivity contribution in [3.05, 3.63) is 46.2 Å². The van der Waals surface area contributed by atoms with Gasteiger partial charge in [0.05, 0.1) is 15.4 Å². The van der Waals surface area contributed by atoms with Gasteiger partial charge in [0.15, 0.2) is 27.3 Å². The molecule has 0 radical (unpaired) electrons. The van der Waals surface area contributed by atoms with Gasteiger partial charge in [-0.1, -0.05) is 0 Å². The van der Waals surface area contributed by atoms with Crippen LogP contribution in [0, 0.1) is 16.0 Å². The molecular formula is C15H13N3O7S. The number of nitrogens with zero attached hydrogens (tertiary/aromatic N) is 3. The average Bonchev–Trinajstić information content (AvgIpc) is 3.30. The van der Waals surface area contributed by atoms with Gasteiger partial charge >= 0.3 is 0 Å². The molecule has 136 valence electrons. The fourth-order valence-corrected chi connectivity index (χ4v) is 3.17. The molecule has 0 amide bonds. The van der Waals surface area contributed by atoms with Gasteiger partial charge in [-0.05, 0) is 25.0 Å². The lowest BCUT2D eigenvalue weighted by atomic mass is 9.90. The third kappa shape index (κ3) is 3.38. The zero-order chi connectivity index (χ0) is 19.1. The van der Waals surface area contributed by atoms with Crippen molar-refractivity contribution in [2.75, 3.05) is 6.26 Å². The van der Waals surface area contributed by atoms with Crippen molar-refractivity contribution in [3.8, 4) is 0 Å². The number of nitro benzene ring substituents is 1. The van der Waals surface area contributed by atoms with Crippen molar-refractivity contribution in [2.24, 2.45) is 5.92 Å². The molecule has 0 aliphatic heterocycles. The second-order valence-electron chi connectivity index (χ2n) is 5.96. The van der Waals surface area contributed by atoms with Crippen LogP contribution in [0.15, 0.2) is 33.9 Å². The van der Waals surface area contributed by atoms with Crippen LogP contribution < -0.4 is 0 Å². The summed E-state index contributed by atoms with van der Waals surface area (Å²) in [5, 5.41) is 18.4.